The molecule has 0 aliphatic carbocycles. The minimum absolute atomic E-state index is 0. The van der Waals surface area contributed by atoms with E-state index in [4.69, 9.17) is 45.3 Å². The first-order valence-corrected chi connectivity index (χ1v) is 21.8. The summed E-state index contributed by atoms with van der Waals surface area (Å²) in [6, 6.07) is 35.1. The SMILES string of the molecule is C.COC(=O)C(NCCc1cccs1)c1ccccc1Cl.N#CC(NCCc1cccs1)c1ccccc1Cl.NC(=O)C(NCCc1cccs1)c1ccccc1Cl. The van der Waals surface area contributed by atoms with Crippen molar-refractivity contribution >= 4 is 80.7 Å². The topological polar surface area (TPSA) is 129 Å². The monoisotopic (exact) mass is 895 g/mol. The summed E-state index contributed by atoms with van der Waals surface area (Å²) in [6.45, 7) is 2.13. The van der Waals surface area contributed by atoms with Crippen molar-refractivity contribution in [3.05, 3.63) is 172 Å². The van der Waals surface area contributed by atoms with Gasteiger partial charge in [-0.2, -0.15) is 5.26 Å². The van der Waals surface area contributed by atoms with Crippen LogP contribution in [0.15, 0.2) is 125 Å². The Morgan fingerprint density at radius 3 is 1.36 bits per heavy atom. The van der Waals surface area contributed by atoms with Crippen molar-refractivity contribution in [2.45, 2.75) is 44.8 Å². The maximum absolute atomic E-state index is 11.9. The molecule has 0 bridgehead atoms. The number of carbonyl (C=O) groups is 2. The van der Waals surface area contributed by atoms with Gasteiger partial charge in [0.2, 0.25) is 5.91 Å². The molecule has 0 spiro atoms. The normalized spacial score (nSPS) is 11.9. The molecule has 0 saturated heterocycles. The van der Waals surface area contributed by atoms with Crippen LogP contribution in [-0.2, 0) is 33.6 Å². The highest BCUT2D eigenvalue weighted by Crippen LogP contribution is 2.25. The largest absolute Gasteiger partial charge is 0.468 e. The molecule has 0 fully saturated rings. The van der Waals surface area contributed by atoms with Crippen LogP contribution in [0.1, 0.15) is 56.9 Å². The van der Waals surface area contributed by atoms with Gasteiger partial charge >= 0.3 is 5.97 Å². The Kier molecular flexibility index (Phi) is 22.4. The zero-order chi connectivity index (χ0) is 40.8. The van der Waals surface area contributed by atoms with Gasteiger partial charge in [0.05, 0.1) is 13.2 Å². The fourth-order valence-corrected chi connectivity index (χ4v) is 8.40. The number of ether oxygens (including phenoxy) is 1. The zero-order valence-electron chi connectivity index (χ0n) is 31.2. The summed E-state index contributed by atoms with van der Waals surface area (Å²) in [7, 11) is 1.38. The first-order chi connectivity index (χ1) is 27.7. The van der Waals surface area contributed by atoms with E-state index in [1.54, 1.807) is 46.1 Å². The van der Waals surface area contributed by atoms with Gasteiger partial charge < -0.3 is 21.1 Å². The molecule has 5 N–H and O–H groups in total. The molecule has 3 atom stereocenters. The molecule has 6 aromatic rings. The Morgan fingerprint density at radius 2 is 1.00 bits per heavy atom. The first-order valence-electron chi connectivity index (χ1n) is 18.0. The molecule has 1 amide bonds. The second-order valence-corrected chi connectivity index (χ2v) is 16.6. The first kappa shape index (κ1) is 48.3. The molecular weight excluding hydrogens is 849 g/mol. The van der Waals surface area contributed by atoms with Gasteiger partial charge in [-0.15, -0.1) is 34.0 Å². The minimum atomic E-state index is -0.548. The van der Waals surface area contributed by atoms with Crippen LogP contribution in [0.4, 0.5) is 0 Å². The predicted octanol–water partition coefficient (Wildman–Crippen LogP) is 10.6. The zero-order valence-corrected chi connectivity index (χ0v) is 35.9. The fraction of sp³-hybridized carbons (Fsp3) is 0.250. The molecule has 306 valence electrons. The summed E-state index contributed by atoms with van der Waals surface area (Å²) < 4.78 is 4.85. The molecule has 14 heteroatoms. The number of primary amides is 1. The molecule has 3 unspecified atom stereocenters. The Labute approximate surface area is 368 Å². The number of amides is 1. The average molecular weight is 897 g/mol. The van der Waals surface area contributed by atoms with E-state index in [1.165, 1.54) is 21.7 Å². The van der Waals surface area contributed by atoms with Crippen molar-refractivity contribution in [1.29, 1.82) is 5.26 Å². The molecule has 8 nitrogen and oxygen atoms in total. The van der Waals surface area contributed by atoms with Gasteiger partial charge in [0, 0.05) is 54.9 Å². The number of nitrogens with two attached hydrogens (primary N) is 1. The van der Waals surface area contributed by atoms with Gasteiger partial charge in [-0.05, 0) is 82.9 Å². The molecule has 0 aliphatic heterocycles. The van der Waals surface area contributed by atoms with E-state index in [0.29, 0.717) is 28.2 Å². The third kappa shape index (κ3) is 15.9. The maximum Gasteiger partial charge on any atom is 0.327 e. The summed E-state index contributed by atoms with van der Waals surface area (Å²) in [4.78, 5) is 27.3. The smallest absolute Gasteiger partial charge is 0.327 e. The second kappa shape index (κ2) is 26.8. The van der Waals surface area contributed by atoms with Crippen molar-refractivity contribution < 1.29 is 14.3 Å². The molecule has 0 saturated carbocycles. The van der Waals surface area contributed by atoms with Crippen LogP contribution in [-0.4, -0.2) is 38.6 Å². The molecule has 3 aromatic heterocycles. The van der Waals surface area contributed by atoms with Crippen molar-refractivity contribution in [3.8, 4) is 6.07 Å². The minimum Gasteiger partial charge on any atom is -0.468 e. The van der Waals surface area contributed by atoms with E-state index in [1.807, 2.05) is 89.6 Å². The predicted molar refractivity (Wildman–Crippen MR) is 244 cm³/mol. The molecule has 3 aromatic carbocycles. The van der Waals surface area contributed by atoms with Crippen molar-refractivity contribution in [2.75, 3.05) is 26.7 Å². The number of thiophene rings is 3. The highest BCUT2D eigenvalue weighted by molar-refractivity contribution is 7.10. The van der Waals surface area contributed by atoms with Crippen molar-refractivity contribution in [2.24, 2.45) is 5.73 Å². The van der Waals surface area contributed by atoms with Crippen LogP contribution >= 0.6 is 68.8 Å². The van der Waals surface area contributed by atoms with Gasteiger partial charge in [0.1, 0.15) is 18.1 Å². The highest BCUT2D eigenvalue weighted by Gasteiger charge is 2.23. The van der Waals surface area contributed by atoms with Gasteiger partial charge in [0.15, 0.2) is 0 Å². The Balaban J connectivity index is 0.000000231. The lowest BCUT2D eigenvalue weighted by Gasteiger charge is -2.17. The standard InChI is InChI=1S/C15H16ClNO2S.C14H15ClN2OS.C14H13ClN2S.CH4/c1-19-15(18)14(12-6-2-3-7-13(12)16)17-9-8-11-5-4-10-20-11;15-12-6-2-1-5-11(12)13(14(16)18)17-8-7-10-4-3-9-19-10;15-13-6-2-1-5-12(13)14(10-16)17-8-7-11-4-3-9-18-11;/h2-7,10,14,17H,8-9H2,1H3;1-6,9,13,17H,7-8H2,(H2,16,18);1-6,9,14,17H,7-8H2;1H4. The number of hydrogen-bond donors (Lipinski definition) is 4. The Morgan fingerprint density at radius 1 is 0.621 bits per heavy atom. The van der Waals surface area contributed by atoms with Crippen LogP contribution in [0, 0.1) is 11.3 Å². The Bertz CT molecular complexity index is 2110. The van der Waals surface area contributed by atoms with Crippen molar-refractivity contribution in [1.82, 2.24) is 16.0 Å². The van der Waals surface area contributed by atoms with E-state index in [0.717, 1.165) is 42.5 Å². The van der Waals surface area contributed by atoms with Crippen LogP contribution < -0.4 is 21.7 Å². The van der Waals surface area contributed by atoms with Gasteiger partial charge in [-0.1, -0.05) is 115 Å². The number of esters is 1. The van der Waals surface area contributed by atoms with Gasteiger partial charge in [-0.3, -0.25) is 10.1 Å². The quantitative estimate of drug-likeness (QED) is 0.0671. The number of carbonyl (C=O) groups excluding carboxylic acids is 2. The molecule has 3 heterocycles. The summed E-state index contributed by atoms with van der Waals surface area (Å²) in [5.41, 5.74) is 7.75. The number of rotatable bonds is 17. The maximum atomic E-state index is 11.9. The van der Waals surface area contributed by atoms with Gasteiger partial charge in [-0.25, -0.2) is 4.79 Å². The van der Waals surface area contributed by atoms with E-state index in [2.05, 4.69) is 45.6 Å². The second-order valence-electron chi connectivity index (χ2n) is 12.3. The number of benzene rings is 3. The third-order valence-corrected chi connectivity index (χ3v) is 12.2. The summed E-state index contributed by atoms with van der Waals surface area (Å²) in [5.74, 6) is -0.747. The van der Waals surface area contributed by atoms with Gasteiger partial charge in [0.25, 0.3) is 0 Å². The molecule has 6 rings (SSSR count). The highest BCUT2D eigenvalue weighted by atomic mass is 35.5. The lowest BCUT2D eigenvalue weighted by Crippen LogP contribution is -2.34. The van der Waals surface area contributed by atoms with Crippen LogP contribution in [0.2, 0.25) is 15.1 Å². The van der Waals surface area contributed by atoms with Crippen LogP contribution in [0.3, 0.4) is 0 Å². The lowest BCUT2D eigenvalue weighted by atomic mass is 10.1. The fourth-order valence-electron chi connectivity index (χ4n) is 5.54. The number of nitrogens with zero attached hydrogens (tertiary/aromatic N) is 1. The van der Waals surface area contributed by atoms with E-state index in [9.17, 15) is 14.9 Å². The number of halogens is 3. The molecule has 0 radical (unpaired) electrons. The molecule has 0 aliphatic rings. The number of methoxy groups -OCH3 is 1. The van der Waals surface area contributed by atoms with E-state index in [-0.39, 0.29) is 19.4 Å². The van der Waals surface area contributed by atoms with Crippen LogP contribution in [0.25, 0.3) is 0 Å². The lowest BCUT2D eigenvalue weighted by molar-refractivity contribution is -0.143. The summed E-state index contributed by atoms with van der Waals surface area (Å²) in [5, 5.41) is 26.7. The average Bonchev–Trinajstić information content (AvgIpc) is 4.04. The number of nitrogens with one attached hydrogen (secondary N) is 3. The van der Waals surface area contributed by atoms with E-state index < -0.39 is 18.0 Å². The summed E-state index contributed by atoms with van der Waals surface area (Å²) in [6.07, 6.45) is 2.67. The van der Waals surface area contributed by atoms with Crippen molar-refractivity contribution in [3.63, 3.8) is 0 Å². The number of nitriles is 1. The number of hydrogen-bond acceptors (Lipinski definition) is 10. The molecular formula is C44H48Cl3N5O3S3. The summed E-state index contributed by atoms with van der Waals surface area (Å²) >= 11 is 23.5. The van der Waals surface area contributed by atoms with Crippen LogP contribution in [0.5, 0.6) is 0 Å². The van der Waals surface area contributed by atoms with E-state index >= 15 is 0 Å². The third-order valence-electron chi connectivity index (χ3n) is 8.40. The Hall–Kier alpha value is -4.06. The molecule has 58 heavy (non-hydrogen) atoms.